The van der Waals surface area contributed by atoms with Crippen molar-refractivity contribution >= 4 is 29.3 Å². The molecule has 1 atom stereocenters. The third-order valence-electron chi connectivity index (χ3n) is 2.69. The third-order valence-corrected chi connectivity index (χ3v) is 4.06. The molecule has 2 rings (SSSR count). The maximum Gasteiger partial charge on any atom is 0.256 e. The van der Waals surface area contributed by atoms with Crippen LogP contribution in [0.5, 0.6) is 0 Å². The molecule has 1 amide bonds. The zero-order valence-electron chi connectivity index (χ0n) is 9.45. The zero-order chi connectivity index (χ0) is 12.4. The number of rotatable bonds is 1. The molecule has 0 N–H and O–H groups in total. The summed E-state index contributed by atoms with van der Waals surface area (Å²) in [6, 6.07) is 4.17. The summed E-state index contributed by atoms with van der Waals surface area (Å²) in [6.45, 7) is 3.42. The third kappa shape index (κ3) is 2.93. The van der Waals surface area contributed by atoms with Crippen LogP contribution in [0.4, 0.5) is 4.39 Å². The van der Waals surface area contributed by atoms with Gasteiger partial charge in [0.05, 0.1) is 5.56 Å². The number of amides is 1. The van der Waals surface area contributed by atoms with E-state index in [0.29, 0.717) is 23.4 Å². The van der Waals surface area contributed by atoms with Crippen LogP contribution in [0, 0.1) is 5.82 Å². The van der Waals surface area contributed by atoms with Crippen molar-refractivity contribution in [3.05, 3.63) is 34.6 Å². The van der Waals surface area contributed by atoms with E-state index in [1.807, 2.05) is 11.8 Å². The van der Waals surface area contributed by atoms with Gasteiger partial charge in [0, 0.05) is 29.1 Å². The fourth-order valence-electron chi connectivity index (χ4n) is 1.84. The molecule has 1 unspecified atom stereocenters. The van der Waals surface area contributed by atoms with Crippen LogP contribution in [0.25, 0.3) is 0 Å². The number of nitrogens with zero attached hydrogens (tertiary/aromatic N) is 1. The lowest BCUT2D eigenvalue weighted by atomic mass is 10.2. The second-order valence-electron chi connectivity index (χ2n) is 4.06. The Hall–Kier alpha value is -0.740. The molecular formula is C12H13ClFNOS. The molecule has 0 aromatic heterocycles. The molecule has 1 aromatic rings. The molecule has 1 heterocycles. The average Bonchev–Trinajstić information content (AvgIpc) is 2.28. The van der Waals surface area contributed by atoms with E-state index in [9.17, 15) is 9.18 Å². The number of halogens is 2. The summed E-state index contributed by atoms with van der Waals surface area (Å²) in [7, 11) is 0. The van der Waals surface area contributed by atoms with E-state index in [2.05, 4.69) is 6.92 Å². The number of thioether (sulfide) groups is 1. The van der Waals surface area contributed by atoms with E-state index < -0.39 is 5.82 Å². The molecule has 1 aromatic carbocycles. The molecule has 0 radical (unpaired) electrons. The molecule has 1 saturated heterocycles. The minimum Gasteiger partial charge on any atom is -0.337 e. The number of hydrogen-bond acceptors (Lipinski definition) is 2. The quantitative estimate of drug-likeness (QED) is 0.784. The number of carbonyl (C=O) groups excluding carboxylic acids is 1. The first-order valence-corrected chi connectivity index (χ1v) is 6.86. The summed E-state index contributed by atoms with van der Waals surface area (Å²) in [5.74, 6) is 0.113. The van der Waals surface area contributed by atoms with Crippen molar-refractivity contribution in [3.8, 4) is 0 Å². The fourth-order valence-corrected chi connectivity index (χ4v) is 3.01. The van der Waals surface area contributed by atoms with Gasteiger partial charge in [0.15, 0.2) is 0 Å². The molecule has 92 valence electrons. The van der Waals surface area contributed by atoms with Crippen LogP contribution >= 0.6 is 23.4 Å². The van der Waals surface area contributed by atoms with Crippen LogP contribution < -0.4 is 0 Å². The minimum atomic E-state index is -0.548. The smallest absolute Gasteiger partial charge is 0.256 e. The summed E-state index contributed by atoms with van der Waals surface area (Å²) in [4.78, 5) is 13.8. The second-order valence-corrected chi connectivity index (χ2v) is 6.04. The summed E-state index contributed by atoms with van der Waals surface area (Å²) in [5.41, 5.74) is 0.105. The highest BCUT2D eigenvalue weighted by Gasteiger charge is 2.24. The SMILES string of the molecule is CC1CN(C(=O)c2ccc(Cl)cc2F)CCS1. The first kappa shape index (κ1) is 12.7. The lowest BCUT2D eigenvalue weighted by molar-refractivity contribution is 0.0758. The molecule has 5 heteroatoms. The van der Waals surface area contributed by atoms with Gasteiger partial charge in [-0.15, -0.1) is 0 Å². The molecule has 17 heavy (non-hydrogen) atoms. The van der Waals surface area contributed by atoms with Crippen molar-refractivity contribution in [2.75, 3.05) is 18.8 Å². The monoisotopic (exact) mass is 273 g/mol. The van der Waals surface area contributed by atoms with Crippen molar-refractivity contribution in [1.29, 1.82) is 0 Å². The van der Waals surface area contributed by atoms with Crippen molar-refractivity contribution in [2.24, 2.45) is 0 Å². The molecule has 0 spiro atoms. The van der Waals surface area contributed by atoms with E-state index in [1.165, 1.54) is 12.1 Å². The van der Waals surface area contributed by atoms with E-state index >= 15 is 0 Å². The van der Waals surface area contributed by atoms with Gasteiger partial charge in [-0.25, -0.2) is 4.39 Å². The van der Waals surface area contributed by atoms with Gasteiger partial charge in [-0.1, -0.05) is 18.5 Å². The zero-order valence-corrected chi connectivity index (χ0v) is 11.0. The molecule has 1 aliphatic heterocycles. The topological polar surface area (TPSA) is 20.3 Å². The average molecular weight is 274 g/mol. The Bertz CT molecular complexity index is 441. The molecular weight excluding hydrogens is 261 g/mol. The van der Waals surface area contributed by atoms with Crippen molar-refractivity contribution in [1.82, 2.24) is 4.90 Å². The molecule has 0 aliphatic carbocycles. The van der Waals surface area contributed by atoms with Crippen LogP contribution in [-0.2, 0) is 0 Å². The van der Waals surface area contributed by atoms with Gasteiger partial charge in [0.1, 0.15) is 5.82 Å². The Morgan fingerprint density at radius 2 is 2.35 bits per heavy atom. The number of hydrogen-bond donors (Lipinski definition) is 0. The minimum absolute atomic E-state index is 0.105. The lowest BCUT2D eigenvalue weighted by Gasteiger charge is -2.30. The van der Waals surface area contributed by atoms with E-state index in [-0.39, 0.29) is 11.5 Å². The summed E-state index contributed by atoms with van der Waals surface area (Å²) < 4.78 is 13.6. The van der Waals surface area contributed by atoms with Gasteiger partial charge in [-0.2, -0.15) is 11.8 Å². The van der Waals surface area contributed by atoms with Gasteiger partial charge < -0.3 is 4.90 Å². The lowest BCUT2D eigenvalue weighted by Crippen LogP contribution is -2.41. The maximum absolute atomic E-state index is 13.6. The molecule has 1 fully saturated rings. The van der Waals surface area contributed by atoms with Crippen LogP contribution in [0.3, 0.4) is 0 Å². The molecule has 0 saturated carbocycles. The van der Waals surface area contributed by atoms with E-state index in [1.54, 1.807) is 11.0 Å². The van der Waals surface area contributed by atoms with E-state index in [4.69, 9.17) is 11.6 Å². The summed E-state index contributed by atoms with van der Waals surface area (Å²) in [6.07, 6.45) is 0. The van der Waals surface area contributed by atoms with Crippen LogP contribution in [0.1, 0.15) is 17.3 Å². The molecule has 2 nitrogen and oxygen atoms in total. The van der Waals surface area contributed by atoms with Crippen molar-refractivity contribution < 1.29 is 9.18 Å². The molecule has 0 bridgehead atoms. The second kappa shape index (κ2) is 5.27. The largest absolute Gasteiger partial charge is 0.337 e. The highest BCUT2D eigenvalue weighted by molar-refractivity contribution is 7.99. The Morgan fingerprint density at radius 1 is 1.59 bits per heavy atom. The highest BCUT2D eigenvalue weighted by Crippen LogP contribution is 2.21. The van der Waals surface area contributed by atoms with Crippen LogP contribution in [-0.4, -0.2) is 34.9 Å². The number of benzene rings is 1. The van der Waals surface area contributed by atoms with Gasteiger partial charge in [0.25, 0.3) is 5.91 Å². The Morgan fingerprint density at radius 3 is 3.00 bits per heavy atom. The maximum atomic E-state index is 13.6. The Balaban J connectivity index is 2.18. The van der Waals surface area contributed by atoms with Crippen LogP contribution in [0.15, 0.2) is 18.2 Å². The standard InChI is InChI=1S/C12H13ClFNOS/c1-8-7-15(4-5-17-8)12(16)10-3-2-9(13)6-11(10)14/h2-3,6,8H,4-5,7H2,1H3. The number of carbonyl (C=O) groups is 1. The predicted octanol–water partition coefficient (Wildman–Crippen LogP) is 3.06. The Kier molecular flexibility index (Phi) is 3.94. The van der Waals surface area contributed by atoms with E-state index in [0.717, 1.165) is 5.75 Å². The normalized spacial score (nSPS) is 20.4. The summed E-state index contributed by atoms with van der Waals surface area (Å²) >= 11 is 7.49. The van der Waals surface area contributed by atoms with Gasteiger partial charge in [0.2, 0.25) is 0 Å². The van der Waals surface area contributed by atoms with Crippen molar-refractivity contribution in [2.45, 2.75) is 12.2 Å². The first-order chi connectivity index (χ1) is 8.08. The van der Waals surface area contributed by atoms with Gasteiger partial charge in [-0.05, 0) is 18.2 Å². The predicted molar refractivity (Wildman–Crippen MR) is 69.2 cm³/mol. The van der Waals surface area contributed by atoms with Gasteiger partial charge >= 0.3 is 0 Å². The van der Waals surface area contributed by atoms with Crippen LogP contribution in [0.2, 0.25) is 5.02 Å². The Labute approximate surface area is 109 Å². The first-order valence-electron chi connectivity index (χ1n) is 5.44. The van der Waals surface area contributed by atoms with Crippen molar-refractivity contribution in [3.63, 3.8) is 0 Å². The summed E-state index contributed by atoms with van der Waals surface area (Å²) in [5, 5.41) is 0.713. The van der Waals surface area contributed by atoms with Gasteiger partial charge in [-0.3, -0.25) is 4.79 Å². The fraction of sp³-hybridized carbons (Fsp3) is 0.417. The highest BCUT2D eigenvalue weighted by atomic mass is 35.5. The molecule has 1 aliphatic rings.